The van der Waals surface area contributed by atoms with E-state index in [9.17, 15) is 4.79 Å². The van der Waals surface area contributed by atoms with Gasteiger partial charge in [0.2, 0.25) is 0 Å². The predicted molar refractivity (Wildman–Crippen MR) is 60.2 cm³/mol. The first-order valence-electron chi connectivity index (χ1n) is 4.81. The van der Waals surface area contributed by atoms with Crippen molar-refractivity contribution in [3.8, 4) is 5.75 Å². The van der Waals surface area contributed by atoms with Crippen LogP contribution in [-0.2, 0) is 4.79 Å². The minimum atomic E-state index is -0.464. The number of nitrogens with one attached hydrogen (secondary N) is 1. The average molecular weight is 228 g/mol. The maximum Gasteiger partial charge on any atom is 0.260 e. The molecule has 0 radical (unpaired) electrons. The number of ether oxygens (including phenoxy) is 1. The Kier molecular flexibility index (Phi) is 4.43. The van der Waals surface area contributed by atoms with Gasteiger partial charge in [-0.15, -0.1) is 0 Å². The van der Waals surface area contributed by atoms with Crippen LogP contribution in [0.2, 0.25) is 5.02 Å². The van der Waals surface area contributed by atoms with Crippen LogP contribution in [0.1, 0.15) is 13.3 Å². The maximum atomic E-state index is 11.4. The topological polar surface area (TPSA) is 38.3 Å². The van der Waals surface area contributed by atoms with Crippen molar-refractivity contribution in [3.05, 3.63) is 29.3 Å². The molecule has 0 spiro atoms. The molecule has 0 aliphatic carbocycles. The normalized spacial score (nSPS) is 11.9. The van der Waals surface area contributed by atoms with Gasteiger partial charge in [0.05, 0.1) is 0 Å². The Hall–Kier alpha value is -1.22. The maximum absolute atomic E-state index is 11.4. The average Bonchev–Trinajstić information content (AvgIpc) is 2.25. The summed E-state index contributed by atoms with van der Waals surface area (Å²) < 4.78 is 5.50. The van der Waals surface area contributed by atoms with E-state index in [1.54, 1.807) is 31.3 Å². The predicted octanol–water partition coefficient (Wildman–Crippen LogP) is 2.24. The monoisotopic (exact) mass is 227 g/mol. The SMILES string of the molecule is CC[C@H](Oc1cccc(Cl)c1)C(=O)NC. The summed E-state index contributed by atoms with van der Waals surface area (Å²) in [5.41, 5.74) is 0. The van der Waals surface area contributed by atoms with E-state index in [2.05, 4.69) is 5.32 Å². The Bertz CT molecular complexity index is 341. The Morgan fingerprint density at radius 3 is 2.87 bits per heavy atom. The first-order valence-corrected chi connectivity index (χ1v) is 5.19. The lowest BCUT2D eigenvalue weighted by atomic mass is 10.2. The van der Waals surface area contributed by atoms with Crippen molar-refractivity contribution in [2.24, 2.45) is 0 Å². The second kappa shape index (κ2) is 5.61. The van der Waals surface area contributed by atoms with Crippen molar-refractivity contribution in [2.75, 3.05) is 7.05 Å². The molecule has 0 aliphatic heterocycles. The lowest BCUT2D eigenvalue weighted by molar-refractivity contribution is -0.127. The fourth-order valence-corrected chi connectivity index (χ4v) is 1.37. The number of carbonyl (C=O) groups is 1. The van der Waals surface area contributed by atoms with Crippen LogP contribution in [0.4, 0.5) is 0 Å². The van der Waals surface area contributed by atoms with Crippen LogP contribution in [-0.4, -0.2) is 19.1 Å². The first kappa shape index (κ1) is 11.9. The van der Waals surface area contributed by atoms with Crippen LogP contribution in [0.15, 0.2) is 24.3 Å². The molecule has 0 fully saturated rings. The van der Waals surface area contributed by atoms with Crippen LogP contribution < -0.4 is 10.1 Å². The number of amides is 1. The van der Waals surface area contributed by atoms with Gasteiger partial charge in [-0.1, -0.05) is 24.6 Å². The zero-order valence-corrected chi connectivity index (χ0v) is 9.54. The molecule has 0 aromatic heterocycles. The van der Waals surface area contributed by atoms with E-state index in [1.165, 1.54) is 0 Å². The van der Waals surface area contributed by atoms with Gasteiger partial charge in [0.25, 0.3) is 5.91 Å². The first-order chi connectivity index (χ1) is 7.17. The van der Waals surface area contributed by atoms with E-state index in [0.29, 0.717) is 17.2 Å². The van der Waals surface area contributed by atoms with E-state index in [4.69, 9.17) is 16.3 Å². The van der Waals surface area contributed by atoms with Crippen LogP contribution in [0.5, 0.6) is 5.75 Å². The quantitative estimate of drug-likeness (QED) is 0.857. The molecule has 82 valence electrons. The van der Waals surface area contributed by atoms with Crippen molar-refractivity contribution in [3.63, 3.8) is 0 Å². The molecule has 1 atom stereocenters. The van der Waals surface area contributed by atoms with Crippen molar-refractivity contribution in [1.29, 1.82) is 0 Å². The number of benzene rings is 1. The summed E-state index contributed by atoms with van der Waals surface area (Å²) in [4.78, 5) is 11.4. The minimum absolute atomic E-state index is 0.127. The van der Waals surface area contributed by atoms with Crippen LogP contribution >= 0.6 is 11.6 Å². The van der Waals surface area contributed by atoms with Crippen molar-refractivity contribution in [1.82, 2.24) is 5.32 Å². The second-order valence-electron chi connectivity index (χ2n) is 3.09. The lowest BCUT2D eigenvalue weighted by Crippen LogP contribution is -2.35. The smallest absolute Gasteiger partial charge is 0.260 e. The molecule has 1 aromatic rings. The highest BCUT2D eigenvalue weighted by Gasteiger charge is 2.16. The molecule has 4 heteroatoms. The van der Waals surface area contributed by atoms with E-state index >= 15 is 0 Å². The van der Waals surface area contributed by atoms with E-state index in [-0.39, 0.29) is 5.91 Å². The molecule has 0 heterocycles. The van der Waals surface area contributed by atoms with E-state index in [0.717, 1.165) is 0 Å². The Balaban J connectivity index is 2.70. The number of hydrogen-bond acceptors (Lipinski definition) is 2. The molecule has 0 saturated heterocycles. The summed E-state index contributed by atoms with van der Waals surface area (Å²) in [5, 5.41) is 3.15. The van der Waals surface area contributed by atoms with Gasteiger partial charge in [-0.2, -0.15) is 0 Å². The van der Waals surface area contributed by atoms with Gasteiger partial charge < -0.3 is 10.1 Å². The third-order valence-electron chi connectivity index (χ3n) is 1.98. The van der Waals surface area contributed by atoms with Gasteiger partial charge in [0.15, 0.2) is 6.10 Å². The van der Waals surface area contributed by atoms with Crippen LogP contribution in [0.25, 0.3) is 0 Å². The summed E-state index contributed by atoms with van der Waals surface area (Å²) >= 11 is 5.80. The van der Waals surface area contributed by atoms with E-state index in [1.807, 2.05) is 6.92 Å². The number of hydrogen-bond donors (Lipinski definition) is 1. The molecule has 1 aromatic carbocycles. The third-order valence-corrected chi connectivity index (χ3v) is 2.22. The zero-order chi connectivity index (χ0) is 11.3. The number of halogens is 1. The minimum Gasteiger partial charge on any atom is -0.481 e. The summed E-state index contributed by atoms with van der Waals surface area (Å²) in [7, 11) is 1.59. The molecule has 1 N–H and O–H groups in total. The van der Waals surface area contributed by atoms with Gasteiger partial charge in [-0.25, -0.2) is 0 Å². The largest absolute Gasteiger partial charge is 0.481 e. The molecular weight excluding hydrogens is 214 g/mol. The Morgan fingerprint density at radius 2 is 2.33 bits per heavy atom. The summed E-state index contributed by atoms with van der Waals surface area (Å²) in [6.45, 7) is 1.89. The van der Waals surface area contributed by atoms with Gasteiger partial charge >= 0.3 is 0 Å². The van der Waals surface area contributed by atoms with Gasteiger partial charge in [-0.3, -0.25) is 4.79 Å². The number of rotatable bonds is 4. The fourth-order valence-electron chi connectivity index (χ4n) is 1.19. The van der Waals surface area contributed by atoms with Gasteiger partial charge in [-0.05, 0) is 24.6 Å². The molecule has 15 heavy (non-hydrogen) atoms. The summed E-state index contributed by atoms with van der Waals surface area (Å²) in [6.07, 6.45) is 0.153. The fraction of sp³-hybridized carbons (Fsp3) is 0.364. The lowest BCUT2D eigenvalue weighted by Gasteiger charge is -2.15. The van der Waals surface area contributed by atoms with Crippen LogP contribution in [0, 0.1) is 0 Å². The molecule has 0 saturated carbocycles. The van der Waals surface area contributed by atoms with Crippen LogP contribution in [0.3, 0.4) is 0 Å². The second-order valence-corrected chi connectivity index (χ2v) is 3.52. The molecule has 0 aliphatic rings. The molecule has 0 bridgehead atoms. The molecule has 1 amide bonds. The highest BCUT2D eigenvalue weighted by atomic mass is 35.5. The highest BCUT2D eigenvalue weighted by Crippen LogP contribution is 2.19. The molecule has 1 rings (SSSR count). The van der Waals surface area contributed by atoms with Crippen molar-refractivity contribution < 1.29 is 9.53 Å². The molecule has 0 unspecified atom stereocenters. The highest BCUT2D eigenvalue weighted by molar-refractivity contribution is 6.30. The molecular formula is C11H14ClNO2. The Morgan fingerprint density at radius 1 is 1.60 bits per heavy atom. The van der Waals surface area contributed by atoms with Gasteiger partial charge in [0, 0.05) is 12.1 Å². The summed E-state index contributed by atoms with van der Waals surface area (Å²) in [6, 6.07) is 7.01. The standard InChI is InChI=1S/C11H14ClNO2/c1-3-10(11(14)13-2)15-9-6-4-5-8(12)7-9/h4-7,10H,3H2,1-2H3,(H,13,14)/t10-/m0/s1. The van der Waals surface area contributed by atoms with Crippen molar-refractivity contribution >= 4 is 17.5 Å². The zero-order valence-electron chi connectivity index (χ0n) is 8.79. The number of carbonyl (C=O) groups excluding carboxylic acids is 1. The third kappa shape index (κ3) is 3.44. The van der Waals surface area contributed by atoms with E-state index < -0.39 is 6.10 Å². The van der Waals surface area contributed by atoms with Crippen molar-refractivity contribution in [2.45, 2.75) is 19.4 Å². The Labute approximate surface area is 94.4 Å². The summed E-state index contributed by atoms with van der Waals surface area (Å²) in [5.74, 6) is 0.482. The molecule has 3 nitrogen and oxygen atoms in total. The number of likely N-dealkylation sites (N-methyl/N-ethyl adjacent to an activating group) is 1. The van der Waals surface area contributed by atoms with Gasteiger partial charge in [0.1, 0.15) is 5.75 Å².